The average Bonchev–Trinajstić information content (AvgIpc) is 2.29. The summed E-state index contributed by atoms with van der Waals surface area (Å²) in [5.74, 6) is 0.933. The van der Waals surface area contributed by atoms with Crippen LogP contribution in [0.15, 0.2) is 36.8 Å². The highest BCUT2D eigenvalue weighted by Crippen LogP contribution is 2.19. The van der Waals surface area contributed by atoms with Gasteiger partial charge in [-0.25, -0.2) is 9.97 Å². The number of rotatable bonds is 3. The van der Waals surface area contributed by atoms with Gasteiger partial charge in [0.15, 0.2) is 0 Å². The van der Waals surface area contributed by atoms with Crippen molar-refractivity contribution in [3.63, 3.8) is 0 Å². The summed E-state index contributed by atoms with van der Waals surface area (Å²) in [5, 5.41) is 0. The van der Waals surface area contributed by atoms with Crippen LogP contribution < -0.4 is 10.6 Å². The molecule has 17 heavy (non-hydrogen) atoms. The van der Waals surface area contributed by atoms with Gasteiger partial charge >= 0.3 is 0 Å². The number of nitrogens with two attached hydrogens (primary N) is 1. The maximum atomic E-state index is 5.76. The van der Waals surface area contributed by atoms with E-state index in [2.05, 4.69) is 43.5 Å². The van der Waals surface area contributed by atoms with Crippen LogP contribution in [0.5, 0.6) is 0 Å². The number of nitrogens with zero attached hydrogens (tertiary/aromatic N) is 3. The van der Waals surface area contributed by atoms with E-state index in [1.165, 1.54) is 5.56 Å². The van der Waals surface area contributed by atoms with Crippen LogP contribution in [-0.2, 0) is 6.54 Å². The Bertz CT molecular complexity index is 515. The van der Waals surface area contributed by atoms with Crippen LogP contribution in [0.25, 0.3) is 0 Å². The van der Waals surface area contributed by atoms with Crippen LogP contribution in [0.4, 0.5) is 11.5 Å². The molecule has 2 N–H and O–H groups in total. The highest BCUT2D eigenvalue weighted by atomic mass is 127. The van der Waals surface area contributed by atoms with Gasteiger partial charge in [-0.1, -0.05) is 12.1 Å². The van der Waals surface area contributed by atoms with Crippen LogP contribution >= 0.6 is 22.6 Å². The van der Waals surface area contributed by atoms with Gasteiger partial charge in [0.2, 0.25) is 0 Å². The molecule has 1 heterocycles. The van der Waals surface area contributed by atoms with Gasteiger partial charge in [-0.3, -0.25) is 0 Å². The standard InChI is InChI=1S/C12H13IN4/c1-17(12-11(13)6-15-8-16-12)7-9-3-2-4-10(14)5-9/h2-6,8H,7,14H2,1H3. The summed E-state index contributed by atoms with van der Waals surface area (Å²) in [4.78, 5) is 10.3. The molecule has 0 unspecified atom stereocenters. The van der Waals surface area contributed by atoms with Crippen LogP contribution in [0.1, 0.15) is 5.56 Å². The number of anilines is 2. The van der Waals surface area contributed by atoms with E-state index >= 15 is 0 Å². The second kappa shape index (κ2) is 5.31. The fourth-order valence-corrected chi connectivity index (χ4v) is 2.34. The maximum Gasteiger partial charge on any atom is 0.145 e. The van der Waals surface area contributed by atoms with E-state index in [4.69, 9.17) is 5.73 Å². The van der Waals surface area contributed by atoms with Crippen molar-refractivity contribution in [2.75, 3.05) is 17.7 Å². The molecular weight excluding hydrogens is 327 g/mol. The highest BCUT2D eigenvalue weighted by Gasteiger charge is 2.07. The Kier molecular flexibility index (Phi) is 3.78. The molecule has 0 saturated heterocycles. The lowest BCUT2D eigenvalue weighted by Crippen LogP contribution is -2.19. The third kappa shape index (κ3) is 3.06. The summed E-state index contributed by atoms with van der Waals surface area (Å²) in [6.45, 7) is 0.776. The van der Waals surface area contributed by atoms with Crippen molar-refractivity contribution in [1.82, 2.24) is 9.97 Å². The lowest BCUT2D eigenvalue weighted by molar-refractivity contribution is 0.886. The van der Waals surface area contributed by atoms with Gasteiger partial charge in [0.05, 0.1) is 3.57 Å². The summed E-state index contributed by atoms with van der Waals surface area (Å²) in [5.41, 5.74) is 7.71. The number of aromatic nitrogens is 2. The van der Waals surface area contributed by atoms with Crippen molar-refractivity contribution < 1.29 is 0 Å². The molecule has 0 fully saturated rings. The number of benzene rings is 1. The summed E-state index contributed by atoms with van der Waals surface area (Å²) < 4.78 is 1.04. The molecule has 2 aromatic rings. The Morgan fingerprint density at radius 2 is 2.24 bits per heavy atom. The number of hydrogen-bond acceptors (Lipinski definition) is 4. The highest BCUT2D eigenvalue weighted by molar-refractivity contribution is 14.1. The minimum Gasteiger partial charge on any atom is -0.399 e. The maximum absolute atomic E-state index is 5.76. The first-order valence-corrected chi connectivity index (χ1v) is 6.26. The van der Waals surface area contributed by atoms with Crippen LogP contribution in [-0.4, -0.2) is 17.0 Å². The van der Waals surface area contributed by atoms with E-state index in [9.17, 15) is 0 Å². The Morgan fingerprint density at radius 1 is 1.41 bits per heavy atom. The van der Waals surface area contributed by atoms with Crippen LogP contribution in [0, 0.1) is 3.57 Å². The zero-order valence-corrected chi connectivity index (χ0v) is 11.6. The van der Waals surface area contributed by atoms with Gasteiger partial charge in [-0.2, -0.15) is 0 Å². The van der Waals surface area contributed by atoms with E-state index in [-0.39, 0.29) is 0 Å². The zero-order chi connectivity index (χ0) is 12.3. The van der Waals surface area contributed by atoms with Crippen molar-refractivity contribution in [3.05, 3.63) is 45.9 Å². The molecule has 0 amide bonds. The second-order valence-corrected chi connectivity index (χ2v) is 4.96. The number of hydrogen-bond donors (Lipinski definition) is 1. The minimum absolute atomic E-state index is 0.776. The number of nitrogen functional groups attached to an aromatic ring is 1. The molecule has 0 saturated carbocycles. The third-order valence-electron chi connectivity index (χ3n) is 2.38. The molecule has 1 aromatic carbocycles. The zero-order valence-electron chi connectivity index (χ0n) is 9.47. The molecule has 0 spiro atoms. The normalized spacial score (nSPS) is 10.2. The average molecular weight is 340 g/mol. The lowest BCUT2D eigenvalue weighted by atomic mass is 10.2. The van der Waals surface area contributed by atoms with Gasteiger partial charge in [-0.15, -0.1) is 0 Å². The molecule has 0 aliphatic rings. The van der Waals surface area contributed by atoms with Crippen LogP contribution in [0.2, 0.25) is 0 Å². The van der Waals surface area contributed by atoms with Gasteiger partial charge in [0.25, 0.3) is 0 Å². The molecule has 0 aliphatic carbocycles. The van der Waals surface area contributed by atoms with Crippen molar-refractivity contribution in [3.8, 4) is 0 Å². The summed E-state index contributed by atoms with van der Waals surface area (Å²) in [7, 11) is 2.01. The van der Waals surface area contributed by atoms with Crippen molar-refractivity contribution in [1.29, 1.82) is 0 Å². The molecule has 0 atom stereocenters. The number of halogens is 1. The van der Waals surface area contributed by atoms with Crippen LogP contribution in [0.3, 0.4) is 0 Å². The van der Waals surface area contributed by atoms with E-state index in [0.717, 1.165) is 21.6 Å². The predicted molar refractivity (Wildman–Crippen MR) is 77.7 cm³/mol. The molecule has 4 nitrogen and oxygen atoms in total. The molecule has 5 heteroatoms. The molecule has 0 radical (unpaired) electrons. The van der Waals surface area contributed by atoms with Gasteiger partial charge in [-0.05, 0) is 40.3 Å². The molecular formula is C12H13IN4. The molecule has 0 bridgehead atoms. The summed E-state index contributed by atoms with van der Waals surface area (Å²) in [6.07, 6.45) is 3.37. The van der Waals surface area contributed by atoms with Gasteiger partial charge in [0.1, 0.15) is 12.1 Å². The van der Waals surface area contributed by atoms with Crippen molar-refractivity contribution in [2.45, 2.75) is 6.54 Å². The molecule has 2 rings (SSSR count). The molecule has 88 valence electrons. The smallest absolute Gasteiger partial charge is 0.145 e. The topological polar surface area (TPSA) is 55.0 Å². The third-order valence-corrected chi connectivity index (χ3v) is 3.14. The largest absolute Gasteiger partial charge is 0.399 e. The minimum atomic E-state index is 0.776. The van der Waals surface area contributed by atoms with Gasteiger partial charge < -0.3 is 10.6 Å². The summed E-state index contributed by atoms with van der Waals surface area (Å²) in [6, 6.07) is 7.88. The van der Waals surface area contributed by atoms with Crippen molar-refractivity contribution in [2.24, 2.45) is 0 Å². The Hall–Kier alpha value is -1.37. The summed E-state index contributed by atoms with van der Waals surface area (Å²) >= 11 is 2.23. The fourth-order valence-electron chi connectivity index (χ4n) is 1.63. The van der Waals surface area contributed by atoms with Crippen molar-refractivity contribution >= 4 is 34.1 Å². The predicted octanol–water partition coefficient (Wildman–Crippen LogP) is 2.30. The lowest BCUT2D eigenvalue weighted by Gasteiger charge is -2.19. The Labute approximate surface area is 114 Å². The fraction of sp³-hybridized carbons (Fsp3) is 0.167. The van der Waals surface area contributed by atoms with E-state index in [0.29, 0.717) is 0 Å². The second-order valence-electron chi connectivity index (χ2n) is 3.80. The van der Waals surface area contributed by atoms with E-state index < -0.39 is 0 Å². The van der Waals surface area contributed by atoms with E-state index in [1.54, 1.807) is 12.5 Å². The van der Waals surface area contributed by atoms with Gasteiger partial charge in [0, 0.05) is 25.5 Å². The Morgan fingerprint density at radius 3 is 2.94 bits per heavy atom. The first kappa shape index (κ1) is 12.1. The molecule has 1 aromatic heterocycles. The Balaban J connectivity index is 2.17. The first-order chi connectivity index (χ1) is 8.16. The monoisotopic (exact) mass is 340 g/mol. The first-order valence-electron chi connectivity index (χ1n) is 5.18. The SMILES string of the molecule is CN(Cc1cccc(N)c1)c1ncncc1I. The molecule has 0 aliphatic heterocycles. The van der Waals surface area contributed by atoms with E-state index in [1.807, 2.05) is 25.2 Å². The quantitative estimate of drug-likeness (QED) is 0.688.